The third-order valence-electron chi connectivity index (χ3n) is 2.59. The van der Waals surface area contributed by atoms with E-state index in [1.165, 1.54) is 24.3 Å². The van der Waals surface area contributed by atoms with Crippen LogP contribution in [0.5, 0.6) is 5.75 Å². The number of ether oxygens (including phenoxy) is 1. The number of carbonyl (C=O) groups is 2. The molecule has 0 atom stereocenters. The standard InChI is InChI=1S/C15H11F3N2O3/c16-15(17,18)23-12-8-4-7-11(9-12)19-14(22)20-13(21)10-5-2-1-3-6-10/h1-9H,(H2,19,20,21,22). The first-order valence-electron chi connectivity index (χ1n) is 6.37. The molecule has 120 valence electrons. The fraction of sp³-hybridized carbons (Fsp3) is 0.0667. The number of carbonyl (C=O) groups excluding carboxylic acids is 2. The molecule has 0 unspecified atom stereocenters. The molecule has 2 aromatic carbocycles. The summed E-state index contributed by atoms with van der Waals surface area (Å²) < 4.78 is 40.1. The van der Waals surface area contributed by atoms with E-state index < -0.39 is 24.1 Å². The van der Waals surface area contributed by atoms with E-state index in [4.69, 9.17) is 0 Å². The zero-order chi connectivity index (χ0) is 16.9. The van der Waals surface area contributed by atoms with E-state index >= 15 is 0 Å². The summed E-state index contributed by atoms with van der Waals surface area (Å²) in [7, 11) is 0. The molecule has 23 heavy (non-hydrogen) atoms. The lowest BCUT2D eigenvalue weighted by Gasteiger charge is -2.11. The Labute approximate surface area is 129 Å². The number of halogens is 3. The van der Waals surface area contributed by atoms with Gasteiger partial charge in [0.1, 0.15) is 5.75 Å². The molecule has 0 fully saturated rings. The lowest BCUT2D eigenvalue weighted by molar-refractivity contribution is -0.274. The molecule has 2 aromatic rings. The molecule has 0 aromatic heterocycles. The SMILES string of the molecule is O=C(NC(=O)c1ccccc1)Nc1cccc(OC(F)(F)F)c1. The second-order valence-electron chi connectivity index (χ2n) is 4.35. The summed E-state index contributed by atoms with van der Waals surface area (Å²) in [6.07, 6.45) is -4.83. The molecule has 3 amide bonds. The zero-order valence-corrected chi connectivity index (χ0v) is 11.6. The lowest BCUT2D eigenvalue weighted by Crippen LogP contribution is -2.34. The fourth-order valence-electron chi connectivity index (χ4n) is 1.70. The van der Waals surface area contributed by atoms with Gasteiger partial charge in [0.2, 0.25) is 0 Å². The van der Waals surface area contributed by atoms with Gasteiger partial charge in [0.15, 0.2) is 0 Å². The van der Waals surface area contributed by atoms with E-state index in [1.807, 2.05) is 0 Å². The molecule has 0 heterocycles. The van der Waals surface area contributed by atoms with Gasteiger partial charge in [0.25, 0.3) is 5.91 Å². The second kappa shape index (κ2) is 6.82. The van der Waals surface area contributed by atoms with E-state index in [9.17, 15) is 22.8 Å². The maximum absolute atomic E-state index is 12.1. The predicted octanol–water partition coefficient (Wildman–Crippen LogP) is 3.55. The Bertz CT molecular complexity index is 703. The first-order chi connectivity index (χ1) is 10.8. The molecule has 2 N–H and O–H groups in total. The highest BCUT2D eigenvalue weighted by molar-refractivity contribution is 6.07. The Morgan fingerprint density at radius 1 is 0.957 bits per heavy atom. The van der Waals surface area contributed by atoms with Crippen LogP contribution >= 0.6 is 0 Å². The highest BCUT2D eigenvalue weighted by Crippen LogP contribution is 2.24. The highest BCUT2D eigenvalue weighted by atomic mass is 19.4. The average Bonchev–Trinajstić information content (AvgIpc) is 2.46. The van der Waals surface area contributed by atoms with Crippen LogP contribution in [0.2, 0.25) is 0 Å². The number of rotatable bonds is 3. The van der Waals surface area contributed by atoms with E-state index in [0.29, 0.717) is 0 Å². The fourth-order valence-corrected chi connectivity index (χ4v) is 1.70. The first-order valence-corrected chi connectivity index (χ1v) is 6.37. The summed E-state index contributed by atoms with van der Waals surface area (Å²) in [5, 5.41) is 4.31. The Morgan fingerprint density at radius 2 is 1.65 bits per heavy atom. The zero-order valence-electron chi connectivity index (χ0n) is 11.6. The first kappa shape index (κ1) is 16.3. The number of imide groups is 1. The number of anilines is 1. The highest BCUT2D eigenvalue weighted by Gasteiger charge is 2.31. The Kier molecular flexibility index (Phi) is 4.85. The molecule has 0 aliphatic heterocycles. The molecule has 2 rings (SSSR count). The van der Waals surface area contributed by atoms with Gasteiger partial charge in [-0.15, -0.1) is 13.2 Å². The molecule has 8 heteroatoms. The number of hydrogen-bond donors (Lipinski definition) is 2. The van der Waals surface area contributed by atoms with Crippen molar-refractivity contribution in [3.63, 3.8) is 0 Å². The van der Waals surface area contributed by atoms with Gasteiger partial charge in [-0.3, -0.25) is 10.1 Å². The molecule has 0 bridgehead atoms. The van der Waals surface area contributed by atoms with Gasteiger partial charge >= 0.3 is 12.4 Å². The number of urea groups is 1. The normalized spacial score (nSPS) is 10.7. The molecule has 0 radical (unpaired) electrons. The molecule has 0 spiro atoms. The minimum Gasteiger partial charge on any atom is -0.406 e. The Hall–Kier alpha value is -3.03. The molecule has 0 aliphatic rings. The molecular formula is C15H11F3N2O3. The van der Waals surface area contributed by atoms with Gasteiger partial charge < -0.3 is 10.1 Å². The van der Waals surface area contributed by atoms with Gasteiger partial charge in [-0.25, -0.2) is 4.79 Å². The minimum atomic E-state index is -4.83. The third-order valence-corrected chi connectivity index (χ3v) is 2.59. The largest absolute Gasteiger partial charge is 0.573 e. The van der Waals surface area contributed by atoms with Crippen LogP contribution in [0.4, 0.5) is 23.7 Å². The Morgan fingerprint density at radius 3 is 2.30 bits per heavy atom. The van der Waals surface area contributed by atoms with Crippen LogP contribution in [0.25, 0.3) is 0 Å². The summed E-state index contributed by atoms with van der Waals surface area (Å²) in [6, 6.07) is 11.8. The van der Waals surface area contributed by atoms with Crippen LogP contribution in [-0.2, 0) is 0 Å². The van der Waals surface area contributed by atoms with Crippen molar-refractivity contribution in [2.75, 3.05) is 5.32 Å². The quantitative estimate of drug-likeness (QED) is 0.907. The summed E-state index contributed by atoms with van der Waals surface area (Å²) in [5.41, 5.74) is 0.321. The maximum atomic E-state index is 12.1. The van der Waals surface area contributed by atoms with Gasteiger partial charge in [-0.2, -0.15) is 0 Å². The van der Waals surface area contributed by atoms with Crippen molar-refractivity contribution < 1.29 is 27.5 Å². The van der Waals surface area contributed by atoms with E-state index in [0.717, 1.165) is 12.1 Å². The van der Waals surface area contributed by atoms with Crippen molar-refractivity contribution >= 4 is 17.6 Å². The monoisotopic (exact) mass is 324 g/mol. The van der Waals surface area contributed by atoms with Crippen molar-refractivity contribution in [3.05, 3.63) is 60.2 Å². The number of benzene rings is 2. The van der Waals surface area contributed by atoms with Crippen molar-refractivity contribution in [3.8, 4) is 5.75 Å². The van der Waals surface area contributed by atoms with E-state index in [-0.39, 0.29) is 11.3 Å². The van der Waals surface area contributed by atoms with Crippen molar-refractivity contribution in [2.24, 2.45) is 0 Å². The van der Waals surface area contributed by atoms with Gasteiger partial charge in [-0.1, -0.05) is 24.3 Å². The van der Waals surface area contributed by atoms with Gasteiger partial charge in [0, 0.05) is 17.3 Å². The summed E-state index contributed by atoms with van der Waals surface area (Å²) in [4.78, 5) is 23.4. The van der Waals surface area contributed by atoms with Crippen LogP contribution in [-0.4, -0.2) is 18.3 Å². The number of alkyl halides is 3. The molecule has 0 aliphatic carbocycles. The van der Waals surface area contributed by atoms with Crippen LogP contribution in [0, 0.1) is 0 Å². The summed E-state index contributed by atoms with van der Waals surface area (Å²) >= 11 is 0. The predicted molar refractivity (Wildman–Crippen MR) is 76.1 cm³/mol. The molecular weight excluding hydrogens is 313 g/mol. The summed E-state index contributed by atoms with van der Waals surface area (Å²) in [5.74, 6) is -1.12. The van der Waals surface area contributed by atoms with Gasteiger partial charge in [-0.05, 0) is 24.3 Å². The Balaban J connectivity index is 1.98. The third kappa shape index (κ3) is 5.34. The maximum Gasteiger partial charge on any atom is 0.573 e. The second-order valence-corrected chi connectivity index (χ2v) is 4.35. The topological polar surface area (TPSA) is 67.4 Å². The smallest absolute Gasteiger partial charge is 0.406 e. The minimum absolute atomic E-state index is 0.0464. The molecule has 0 saturated carbocycles. The molecule has 5 nitrogen and oxygen atoms in total. The number of nitrogens with one attached hydrogen (secondary N) is 2. The van der Waals surface area contributed by atoms with Crippen molar-refractivity contribution in [2.45, 2.75) is 6.36 Å². The number of hydrogen-bond acceptors (Lipinski definition) is 3. The van der Waals surface area contributed by atoms with E-state index in [1.54, 1.807) is 18.2 Å². The van der Waals surface area contributed by atoms with E-state index in [2.05, 4.69) is 15.4 Å². The average molecular weight is 324 g/mol. The summed E-state index contributed by atoms with van der Waals surface area (Å²) in [6.45, 7) is 0. The van der Waals surface area contributed by atoms with Crippen LogP contribution in [0.1, 0.15) is 10.4 Å². The van der Waals surface area contributed by atoms with Crippen molar-refractivity contribution in [1.82, 2.24) is 5.32 Å². The van der Waals surface area contributed by atoms with Crippen LogP contribution in [0.3, 0.4) is 0 Å². The lowest BCUT2D eigenvalue weighted by atomic mass is 10.2. The van der Waals surface area contributed by atoms with Crippen LogP contribution < -0.4 is 15.4 Å². The van der Waals surface area contributed by atoms with Crippen LogP contribution in [0.15, 0.2) is 54.6 Å². The molecule has 0 saturated heterocycles. The van der Waals surface area contributed by atoms with Gasteiger partial charge in [0.05, 0.1) is 0 Å². The van der Waals surface area contributed by atoms with Crippen molar-refractivity contribution in [1.29, 1.82) is 0 Å². The number of amides is 3.